The number of aliphatic hydroxyl groups is 2. The highest BCUT2D eigenvalue weighted by Crippen LogP contribution is 2.41. The average Bonchev–Trinajstić information content (AvgIpc) is 2.29. The van der Waals surface area contributed by atoms with Crippen LogP contribution in [-0.4, -0.2) is 39.6 Å². The van der Waals surface area contributed by atoms with Crippen LogP contribution in [0.4, 0.5) is 4.39 Å². The van der Waals surface area contributed by atoms with Crippen molar-refractivity contribution in [3.8, 4) is 0 Å². The van der Waals surface area contributed by atoms with Gasteiger partial charge in [0, 0.05) is 10.5 Å². The molecule has 1 aliphatic rings. The number of hydrogen-bond donors (Lipinski definition) is 2. The molecule has 0 bridgehead atoms. The Morgan fingerprint density at radius 2 is 2.36 bits per heavy atom. The quantitative estimate of drug-likeness (QED) is 0.653. The van der Waals surface area contributed by atoms with Crippen molar-refractivity contribution in [2.24, 2.45) is 0 Å². The van der Waals surface area contributed by atoms with Crippen LogP contribution in [0.3, 0.4) is 0 Å². The van der Waals surface area contributed by atoms with Gasteiger partial charge in [-0.15, -0.1) is 11.8 Å². The molecule has 0 spiro atoms. The lowest BCUT2D eigenvalue weighted by molar-refractivity contribution is 0.0142. The molecule has 0 unspecified atom stereocenters. The molecule has 1 heterocycles. The van der Waals surface area contributed by atoms with Crippen molar-refractivity contribution in [2.75, 3.05) is 13.3 Å². The van der Waals surface area contributed by atoms with Crippen LogP contribution in [0, 0.1) is 0 Å². The number of rotatable bonds is 2. The smallest absolute Gasteiger partial charge is 0.119 e. The summed E-state index contributed by atoms with van der Waals surface area (Å²) in [6.45, 7) is 1.11. The first kappa shape index (κ1) is 9.29. The number of hydrogen-bond acceptors (Lipinski definition) is 3. The van der Waals surface area contributed by atoms with E-state index < -0.39 is 12.3 Å². The van der Waals surface area contributed by atoms with Crippen molar-refractivity contribution >= 4 is 11.8 Å². The van der Waals surface area contributed by atoms with Gasteiger partial charge in [0.25, 0.3) is 0 Å². The van der Waals surface area contributed by atoms with Crippen molar-refractivity contribution < 1.29 is 14.6 Å². The second kappa shape index (κ2) is 3.29. The molecule has 1 saturated heterocycles. The second-order valence-corrected chi connectivity index (χ2v) is 4.67. The molecule has 1 rings (SSSR count). The summed E-state index contributed by atoms with van der Waals surface area (Å²) in [7, 11) is 0. The second-order valence-electron chi connectivity index (χ2n) is 3.02. The standard InChI is InChI=1S/C7H13FO2S/c1-5-7(10,4-8)2-6(3-9)11-5/h5-6,9-10H,2-4H2,1H3/t5-,6-,7-/m0/s1. The summed E-state index contributed by atoms with van der Waals surface area (Å²) in [5.41, 5.74) is -1.20. The van der Waals surface area contributed by atoms with Crippen LogP contribution in [0.5, 0.6) is 0 Å². The molecule has 66 valence electrons. The normalized spacial score (nSPS) is 44.7. The molecule has 0 aromatic heterocycles. The fourth-order valence-electron chi connectivity index (χ4n) is 1.29. The molecule has 0 amide bonds. The minimum Gasteiger partial charge on any atom is -0.395 e. The van der Waals surface area contributed by atoms with E-state index in [0.29, 0.717) is 6.42 Å². The predicted molar refractivity (Wildman–Crippen MR) is 43.5 cm³/mol. The van der Waals surface area contributed by atoms with Gasteiger partial charge in [-0.05, 0) is 6.42 Å². The Kier molecular flexibility index (Phi) is 2.78. The van der Waals surface area contributed by atoms with Crippen molar-refractivity contribution in [1.82, 2.24) is 0 Å². The molecule has 0 aliphatic carbocycles. The lowest BCUT2D eigenvalue weighted by Crippen LogP contribution is -2.37. The summed E-state index contributed by atoms with van der Waals surface area (Å²) in [4.78, 5) is 0. The van der Waals surface area contributed by atoms with Crippen molar-refractivity contribution in [1.29, 1.82) is 0 Å². The summed E-state index contributed by atoms with van der Waals surface area (Å²) in [6.07, 6.45) is 0.367. The zero-order valence-corrected chi connectivity index (χ0v) is 7.27. The molecule has 0 radical (unpaired) electrons. The Balaban J connectivity index is 2.57. The first-order chi connectivity index (χ1) is 5.12. The summed E-state index contributed by atoms with van der Waals surface area (Å²) in [6, 6.07) is 0. The van der Waals surface area contributed by atoms with Gasteiger partial charge in [-0.3, -0.25) is 0 Å². The number of alkyl halides is 1. The molecular weight excluding hydrogens is 167 g/mol. The third kappa shape index (κ3) is 1.68. The SMILES string of the molecule is C[C@@H]1S[C@H](CO)C[C@]1(O)CF. The van der Waals surface area contributed by atoms with Crippen molar-refractivity contribution in [3.63, 3.8) is 0 Å². The maximum absolute atomic E-state index is 12.3. The maximum atomic E-state index is 12.3. The van der Waals surface area contributed by atoms with Gasteiger partial charge >= 0.3 is 0 Å². The first-order valence-corrected chi connectivity index (χ1v) is 4.61. The van der Waals surface area contributed by atoms with E-state index >= 15 is 0 Å². The van der Waals surface area contributed by atoms with Crippen LogP contribution in [0.2, 0.25) is 0 Å². The van der Waals surface area contributed by atoms with Crippen LogP contribution in [0.15, 0.2) is 0 Å². The maximum Gasteiger partial charge on any atom is 0.119 e. The third-order valence-electron chi connectivity index (χ3n) is 2.17. The van der Waals surface area contributed by atoms with Crippen LogP contribution in [0.25, 0.3) is 0 Å². The highest BCUT2D eigenvalue weighted by atomic mass is 32.2. The third-order valence-corrected chi connectivity index (χ3v) is 3.72. The lowest BCUT2D eigenvalue weighted by atomic mass is 9.97. The number of thioether (sulfide) groups is 1. The Hall–Kier alpha value is 0.200. The fourth-order valence-corrected chi connectivity index (χ4v) is 2.76. The van der Waals surface area contributed by atoms with Gasteiger partial charge < -0.3 is 10.2 Å². The molecule has 0 aromatic rings. The van der Waals surface area contributed by atoms with Crippen LogP contribution in [-0.2, 0) is 0 Å². The highest BCUT2D eigenvalue weighted by Gasteiger charge is 2.44. The van der Waals surface area contributed by atoms with Crippen LogP contribution >= 0.6 is 11.8 Å². The van der Waals surface area contributed by atoms with E-state index in [0.717, 1.165) is 0 Å². The summed E-state index contributed by atoms with van der Waals surface area (Å²) in [5, 5.41) is 18.2. The van der Waals surface area contributed by atoms with Crippen LogP contribution in [0.1, 0.15) is 13.3 Å². The summed E-state index contributed by atoms with van der Waals surface area (Å²) >= 11 is 1.46. The molecule has 1 fully saturated rings. The molecular formula is C7H13FO2S. The van der Waals surface area contributed by atoms with E-state index in [1.54, 1.807) is 6.92 Å². The molecule has 0 saturated carbocycles. The summed E-state index contributed by atoms with van der Waals surface area (Å²) in [5.74, 6) is 0. The van der Waals surface area contributed by atoms with Gasteiger partial charge in [-0.1, -0.05) is 6.92 Å². The molecule has 0 aromatic carbocycles. The average molecular weight is 180 g/mol. The van der Waals surface area contributed by atoms with Gasteiger partial charge in [0.2, 0.25) is 0 Å². The van der Waals surface area contributed by atoms with Crippen LogP contribution < -0.4 is 0 Å². The van der Waals surface area contributed by atoms with E-state index in [1.807, 2.05) is 0 Å². The largest absolute Gasteiger partial charge is 0.395 e. The van der Waals surface area contributed by atoms with E-state index in [2.05, 4.69) is 0 Å². The zero-order valence-electron chi connectivity index (χ0n) is 6.46. The lowest BCUT2D eigenvalue weighted by Gasteiger charge is -2.22. The van der Waals surface area contributed by atoms with Gasteiger partial charge in [0.1, 0.15) is 12.3 Å². The number of halogens is 1. The molecule has 3 atom stereocenters. The van der Waals surface area contributed by atoms with Gasteiger partial charge in [-0.25, -0.2) is 4.39 Å². The van der Waals surface area contributed by atoms with Gasteiger partial charge in [0.15, 0.2) is 0 Å². The Labute approximate surface area is 69.8 Å². The molecule has 11 heavy (non-hydrogen) atoms. The summed E-state index contributed by atoms with van der Waals surface area (Å²) < 4.78 is 12.3. The first-order valence-electron chi connectivity index (χ1n) is 3.67. The minimum atomic E-state index is -1.20. The zero-order chi connectivity index (χ0) is 8.48. The van der Waals surface area contributed by atoms with Crippen molar-refractivity contribution in [3.05, 3.63) is 0 Å². The Bertz CT molecular complexity index is 144. The van der Waals surface area contributed by atoms with Gasteiger partial charge in [0.05, 0.1) is 6.61 Å². The minimum absolute atomic E-state index is 0.00532. The Morgan fingerprint density at radius 1 is 1.73 bits per heavy atom. The topological polar surface area (TPSA) is 40.5 Å². The van der Waals surface area contributed by atoms with E-state index in [9.17, 15) is 9.50 Å². The van der Waals surface area contributed by atoms with E-state index in [-0.39, 0.29) is 17.1 Å². The van der Waals surface area contributed by atoms with E-state index in [4.69, 9.17) is 5.11 Å². The Morgan fingerprint density at radius 3 is 2.64 bits per heavy atom. The molecule has 2 nitrogen and oxygen atoms in total. The fraction of sp³-hybridized carbons (Fsp3) is 1.00. The molecule has 2 N–H and O–H groups in total. The number of aliphatic hydroxyl groups excluding tert-OH is 1. The molecule has 1 aliphatic heterocycles. The monoisotopic (exact) mass is 180 g/mol. The predicted octanol–water partition coefficient (Wildman–Crippen LogP) is 0.573. The van der Waals surface area contributed by atoms with Gasteiger partial charge in [-0.2, -0.15) is 0 Å². The highest BCUT2D eigenvalue weighted by molar-refractivity contribution is 8.00. The van der Waals surface area contributed by atoms with E-state index in [1.165, 1.54) is 11.8 Å². The van der Waals surface area contributed by atoms with Crippen molar-refractivity contribution in [2.45, 2.75) is 29.4 Å². The molecule has 4 heteroatoms.